The highest BCUT2D eigenvalue weighted by molar-refractivity contribution is 7.89. The molecule has 1 atom stereocenters. The highest BCUT2D eigenvalue weighted by Crippen LogP contribution is 2.27. The molecule has 0 saturated carbocycles. The van der Waals surface area contributed by atoms with E-state index in [9.17, 15) is 22.0 Å². The smallest absolute Gasteiger partial charge is 0.243 e. The fraction of sp³-hybridized carbons (Fsp3) is 0.278. The fourth-order valence-corrected chi connectivity index (χ4v) is 4.10. The Labute approximate surface area is 155 Å². The van der Waals surface area contributed by atoms with Crippen LogP contribution >= 0.6 is 0 Å². The minimum Gasteiger partial charge on any atom is -0.497 e. The number of benzene rings is 2. The van der Waals surface area contributed by atoms with E-state index in [1.165, 1.54) is 0 Å². The van der Waals surface area contributed by atoms with Crippen molar-refractivity contribution in [2.45, 2.75) is 11.3 Å². The van der Waals surface area contributed by atoms with Crippen LogP contribution in [0.1, 0.15) is 6.42 Å². The summed E-state index contributed by atoms with van der Waals surface area (Å²) in [5.41, 5.74) is 0.690. The van der Waals surface area contributed by atoms with E-state index in [-0.39, 0.29) is 24.8 Å². The molecule has 9 heteroatoms. The zero-order chi connectivity index (χ0) is 19.6. The highest BCUT2D eigenvalue weighted by atomic mass is 32.2. The summed E-state index contributed by atoms with van der Waals surface area (Å²) in [6, 6.07) is 9.22. The van der Waals surface area contributed by atoms with Crippen molar-refractivity contribution in [3.63, 3.8) is 0 Å². The van der Waals surface area contributed by atoms with Gasteiger partial charge in [-0.3, -0.25) is 4.79 Å². The van der Waals surface area contributed by atoms with Gasteiger partial charge in [0.25, 0.3) is 0 Å². The molecular formula is C18H18F2N2O4S. The predicted molar refractivity (Wildman–Crippen MR) is 95.0 cm³/mol. The molecule has 3 rings (SSSR count). The topological polar surface area (TPSA) is 75.7 Å². The van der Waals surface area contributed by atoms with E-state index in [1.807, 2.05) is 0 Å². The van der Waals surface area contributed by atoms with Crippen LogP contribution in [0.25, 0.3) is 0 Å². The number of amides is 1. The van der Waals surface area contributed by atoms with Gasteiger partial charge < -0.3 is 9.64 Å². The van der Waals surface area contributed by atoms with E-state index in [2.05, 4.69) is 4.72 Å². The second kappa shape index (κ2) is 7.61. The monoisotopic (exact) mass is 396 g/mol. The van der Waals surface area contributed by atoms with Gasteiger partial charge in [-0.15, -0.1) is 0 Å². The first kappa shape index (κ1) is 19.2. The highest BCUT2D eigenvalue weighted by Gasteiger charge is 2.32. The number of sulfonamides is 1. The molecule has 1 aliphatic rings. The molecule has 1 fully saturated rings. The maximum absolute atomic E-state index is 13.7. The van der Waals surface area contributed by atoms with Gasteiger partial charge in [-0.25, -0.2) is 21.9 Å². The summed E-state index contributed by atoms with van der Waals surface area (Å²) in [7, 11) is -2.60. The Balaban J connectivity index is 1.65. The summed E-state index contributed by atoms with van der Waals surface area (Å²) in [6.45, 7) is 0.303. The van der Waals surface area contributed by atoms with E-state index in [0.29, 0.717) is 24.0 Å². The number of carbonyl (C=O) groups is 1. The molecule has 0 aromatic heterocycles. The molecule has 0 radical (unpaired) electrons. The van der Waals surface area contributed by atoms with Gasteiger partial charge in [-0.1, -0.05) is 0 Å². The van der Waals surface area contributed by atoms with Crippen molar-refractivity contribution in [2.24, 2.45) is 5.92 Å². The molecule has 1 heterocycles. The van der Waals surface area contributed by atoms with Crippen LogP contribution in [0.5, 0.6) is 5.75 Å². The lowest BCUT2D eigenvalue weighted by molar-refractivity contribution is -0.117. The summed E-state index contributed by atoms with van der Waals surface area (Å²) in [6.07, 6.45) is 0.167. The lowest BCUT2D eigenvalue weighted by Crippen LogP contribution is -2.31. The number of methoxy groups -OCH3 is 1. The molecule has 0 spiro atoms. The van der Waals surface area contributed by atoms with E-state index >= 15 is 0 Å². The van der Waals surface area contributed by atoms with Crippen LogP contribution in [0.15, 0.2) is 47.4 Å². The maximum atomic E-state index is 13.7. The average molecular weight is 396 g/mol. The molecule has 144 valence electrons. The van der Waals surface area contributed by atoms with Gasteiger partial charge in [-0.05, 0) is 42.3 Å². The molecule has 2 aromatic carbocycles. The van der Waals surface area contributed by atoms with Gasteiger partial charge in [-0.2, -0.15) is 0 Å². The zero-order valence-corrected chi connectivity index (χ0v) is 15.3. The zero-order valence-electron chi connectivity index (χ0n) is 14.5. The summed E-state index contributed by atoms with van der Waals surface area (Å²) in [4.78, 5) is 13.2. The third-order valence-corrected chi connectivity index (χ3v) is 5.79. The lowest BCUT2D eigenvalue weighted by Gasteiger charge is -2.17. The number of hydrogen-bond donors (Lipinski definition) is 1. The van der Waals surface area contributed by atoms with Crippen molar-refractivity contribution in [3.8, 4) is 5.75 Å². The van der Waals surface area contributed by atoms with E-state index in [4.69, 9.17) is 4.74 Å². The largest absolute Gasteiger partial charge is 0.497 e. The third kappa shape index (κ3) is 4.25. The standard InChI is InChI=1S/C18H18F2N2O4S/c1-26-15-5-3-14(4-6-15)22-11-12(8-18(22)23)10-21-27(24,25)17-7-2-13(19)9-16(17)20/h2-7,9,12,21H,8,10-11H2,1H3. The normalized spacial score (nSPS) is 17.4. The van der Waals surface area contributed by atoms with Crippen LogP contribution in [0.4, 0.5) is 14.5 Å². The number of rotatable bonds is 6. The van der Waals surface area contributed by atoms with Crippen molar-refractivity contribution >= 4 is 21.6 Å². The molecule has 0 aliphatic carbocycles. The molecule has 1 N–H and O–H groups in total. The molecule has 2 aromatic rings. The van der Waals surface area contributed by atoms with Crippen molar-refractivity contribution in [3.05, 3.63) is 54.1 Å². The summed E-state index contributed by atoms with van der Waals surface area (Å²) >= 11 is 0. The molecular weight excluding hydrogens is 378 g/mol. The number of anilines is 1. The Kier molecular flexibility index (Phi) is 5.43. The molecule has 0 bridgehead atoms. The second-order valence-electron chi connectivity index (χ2n) is 6.20. The Morgan fingerprint density at radius 3 is 2.52 bits per heavy atom. The van der Waals surface area contributed by atoms with Gasteiger partial charge in [0.05, 0.1) is 7.11 Å². The first-order chi connectivity index (χ1) is 12.8. The Bertz CT molecular complexity index is 948. The summed E-state index contributed by atoms with van der Waals surface area (Å²) in [5.74, 6) is -1.75. The van der Waals surface area contributed by atoms with Gasteiger partial charge in [0.2, 0.25) is 15.9 Å². The number of nitrogens with one attached hydrogen (secondary N) is 1. The lowest BCUT2D eigenvalue weighted by atomic mass is 10.1. The quantitative estimate of drug-likeness (QED) is 0.813. The first-order valence-corrected chi connectivity index (χ1v) is 9.67. The van der Waals surface area contributed by atoms with Crippen molar-refractivity contribution in [2.75, 3.05) is 25.1 Å². The average Bonchev–Trinajstić information content (AvgIpc) is 3.01. The van der Waals surface area contributed by atoms with Crippen molar-refractivity contribution in [1.82, 2.24) is 4.72 Å². The number of carbonyl (C=O) groups excluding carboxylic acids is 1. The van der Waals surface area contributed by atoms with Crippen LogP contribution in [-0.4, -0.2) is 34.5 Å². The summed E-state index contributed by atoms with van der Waals surface area (Å²) in [5, 5.41) is 0. The van der Waals surface area contributed by atoms with Crippen LogP contribution in [0.2, 0.25) is 0 Å². The van der Waals surface area contributed by atoms with E-state index in [1.54, 1.807) is 36.3 Å². The van der Waals surface area contributed by atoms with Crippen molar-refractivity contribution in [1.29, 1.82) is 0 Å². The SMILES string of the molecule is COc1ccc(N2CC(CNS(=O)(=O)c3ccc(F)cc3F)CC2=O)cc1. The second-order valence-corrected chi connectivity index (χ2v) is 7.93. The minimum atomic E-state index is -4.14. The number of hydrogen-bond acceptors (Lipinski definition) is 4. The Morgan fingerprint density at radius 2 is 1.89 bits per heavy atom. The molecule has 1 aliphatic heterocycles. The Hall–Kier alpha value is -2.52. The van der Waals surface area contributed by atoms with Gasteiger partial charge >= 0.3 is 0 Å². The Morgan fingerprint density at radius 1 is 1.19 bits per heavy atom. The third-order valence-electron chi connectivity index (χ3n) is 4.33. The van der Waals surface area contributed by atoms with Gasteiger partial charge in [0, 0.05) is 31.3 Å². The maximum Gasteiger partial charge on any atom is 0.243 e. The van der Waals surface area contributed by atoms with Crippen LogP contribution in [-0.2, 0) is 14.8 Å². The molecule has 6 nitrogen and oxygen atoms in total. The number of halogens is 2. The van der Waals surface area contributed by atoms with Gasteiger partial charge in [0.15, 0.2) is 0 Å². The van der Waals surface area contributed by atoms with E-state index in [0.717, 1.165) is 12.1 Å². The minimum absolute atomic E-state index is 0.0302. The number of ether oxygens (including phenoxy) is 1. The molecule has 27 heavy (non-hydrogen) atoms. The van der Waals surface area contributed by atoms with Crippen LogP contribution in [0.3, 0.4) is 0 Å². The first-order valence-electron chi connectivity index (χ1n) is 8.19. The number of nitrogens with zero attached hydrogens (tertiary/aromatic N) is 1. The van der Waals surface area contributed by atoms with Gasteiger partial charge in [0.1, 0.15) is 22.3 Å². The molecule has 1 saturated heterocycles. The molecule has 1 amide bonds. The van der Waals surface area contributed by atoms with Crippen LogP contribution in [0, 0.1) is 17.6 Å². The summed E-state index contributed by atoms with van der Waals surface area (Å²) < 4.78 is 58.5. The predicted octanol–water partition coefficient (Wildman–Crippen LogP) is 2.30. The van der Waals surface area contributed by atoms with E-state index < -0.39 is 26.6 Å². The van der Waals surface area contributed by atoms with Crippen LogP contribution < -0.4 is 14.4 Å². The fourth-order valence-electron chi connectivity index (χ4n) is 2.93. The molecule has 1 unspecified atom stereocenters. The van der Waals surface area contributed by atoms with Crippen molar-refractivity contribution < 1.29 is 26.7 Å².